The Morgan fingerprint density at radius 3 is 2.24 bits per heavy atom. The van der Waals surface area contributed by atoms with Gasteiger partial charge in [0.2, 0.25) is 0 Å². The van der Waals surface area contributed by atoms with Crippen LogP contribution >= 0.6 is 0 Å². The monoisotopic (exact) mass is 339 g/mol. The molecule has 0 saturated heterocycles. The first-order valence-electron chi connectivity index (χ1n) is 8.92. The molecule has 0 atom stereocenters. The summed E-state index contributed by atoms with van der Waals surface area (Å²) in [5.74, 6) is 0.791. The highest BCUT2D eigenvalue weighted by Gasteiger charge is 2.04. The maximum absolute atomic E-state index is 5.14. The van der Waals surface area contributed by atoms with E-state index in [0.717, 1.165) is 43.9 Å². The van der Waals surface area contributed by atoms with Crippen molar-refractivity contribution in [2.75, 3.05) is 14.2 Å². The van der Waals surface area contributed by atoms with E-state index < -0.39 is 0 Å². The number of nitrogens with zero attached hydrogens (tertiary/aromatic N) is 3. The van der Waals surface area contributed by atoms with Gasteiger partial charge in [-0.1, -0.05) is 38.1 Å². The number of rotatable bonds is 9. The van der Waals surface area contributed by atoms with Crippen molar-refractivity contribution < 1.29 is 4.74 Å². The van der Waals surface area contributed by atoms with E-state index >= 15 is 0 Å². The quantitative estimate of drug-likeness (QED) is 0.632. The summed E-state index contributed by atoms with van der Waals surface area (Å²) in [5.41, 5.74) is 4.90. The molecule has 0 bridgehead atoms. The highest BCUT2D eigenvalue weighted by Crippen LogP contribution is 2.12. The zero-order valence-corrected chi connectivity index (χ0v) is 15.8. The summed E-state index contributed by atoms with van der Waals surface area (Å²) in [6.45, 7) is 6.82. The van der Waals surface area contributed by atoms with Crippen LogP contribution in [0.2, 0.25) is 0 Å². The zero-order chi connectivity index (χ0) is 18.1. The molecule has 0 aliphatic rings. The molecule has 0 aliphatic heterocycles. The van der Waals surface area contributed by atoms with E-state index in [1.54, 1.807) is 13.3 Å². The van der Waals surface area contributed by atoms with Gasteiger partial charge in [0, 0.05) is 18.8 Å². The lowest BCUT2D eigenvalue weighted by Crippen LogP contribution is -2.17. The Bertz CT molecular complexity index is 657. The van der Waals surface area contributed by atoms with Gasteiger partial charge in [0.05, 0.1) is 25.5 Å². The second kappa shape index (κ2) is 9.94. The summed E-state index contributed by atoms with van der Waals surface area (Å²) < 4.78 is 5.14. The van der Waals surface area contributed by atoms with Crippen molar-refractivity contribution in [3.63, 3.8) is 0 Å². The van der Waals surface area contributed by atoms with E-state index in [-0.39, 0.29) is 0 Å². The van der Waals surface area contributed by atoms with Gasteiger partial charge in [-0.05, 0) is 43.1 Å². The largest absolute Gasteiger partial charge is 0.495 e. The van der Waals surface area contributed by atoms with Crippen molar-refractivity contribution in [1.82, 2.24) is 9.88 Å². The van der Waals surface area contributed by atoms with Crippen LogP contribution in [0.15, 0.2) is 47.6 Å². The lowest BCUT2D eigenvalue weighted by atomic mass is 10.1. The molecule has 0 radical (unpaired) electrons. The summed E-state index contributed by atoms with van der Waals surface area (Å²) in [5, 5.41) is 0. The van der Waals surface area contributed by atoms with Gasteiger partial charge in [-0.3, -0.25) is 14.9 Å². The van der Waals surface area contributed by atoms with E-state index in [1.165, 1.54) is 16.8 Å². The average molecular weight is 339 g/mol. The van der Waals surface area contributed by atoms with Crippen molar-refractivity contribution in [1.29, 1.82) is 0 Å². The molecule has 0 amide bonds. The summed E-state index contributed by atoms with van der Waals surface area (Å²) in [7, 11) is 3.77. The number of hydrogen-bond acceptors (Lipinski definition) is 4. The zero-order valence-electron chi connectivity index (χ0n) is 15.8. The first-order valence-corrected chi connectivity index (χ1v) is 8.92. The summed E-state index contributed by atoms with van der Waals surface area (Å²) >= 11 is 0. The van der Waals surface area contributed by atoms with Crippen LogP contribution < -0.4 is 4.74 Å². The van der Waals surface area contributed by atoms with Crippen LogP contribution in [-0.4, -0.2) is 29.8 Å². The number of hydrogen-bond donors (Lipinski definition) is 0. The molecular weight excluding hydrogens is 310 g/mol. The van der Waals surface area contributed by atoms with Crippen molar-refractivity contribution >= 4 is 5.71 Å². The topological polar surface area (TPSA) is 37.7 Å². The number of ether oxygens (including phenoxy) is 1. The molecule has 0 saturated carbocycles. The minimum Gasteiger partial charge on any atom is -0.495 e. The fourth-order valence-electron chi connectivity index (χ4n) is 2.70. The number of benzene rings is 1. The van der Waals surface area contributed by atoms with E-state index in [1.807, 2.05) is 12.1 Å². The Morgan fingerprint density at radius 1 is 1.00 bits per heavy atom. The van der Waals surface area contributed by atoms with Crippen LogP contribution in [0, 0.1) is 0 Å². The van der Waals surface area contributed by atoms with Crippen molar-refractivity contribution in [3.05, 3.63) is 59.4 Å². The van der Waals surface area contributed by atoms with E-state index in [4.69, 9.17) is 4.74 Å². The maximum Gasteiger partial charge on any atom is 0.137 e. The average Bonchev–Trinajstić information content (AvgIpc) is 2.64. The standard InChI is InChI=1S/C21H29N3O/c1-5-19(6-2)22-13-17-7-9-18(10-8-17)15-24(3)16-20-11-12-21(25-4)14-23-20/h7-12,14H,5-6,13,15-16H2,1-4H3. The summed E-state index contributed by atoms with van der Waals surface area (Å²) in [6.07, 6.45) is 3.84. The second-order valence-corrected chi connectivity index (χ2v) is 6.27. The van der Waals surface area contributed by atoms with E-state index in [2.05, 4.69) is 60.0 Å². The first kappa shape index (κ1) is 19.1. The van der Waals surface area contributed by atoms with Crippen molar-refractivity contribution in [3.8, 4) is 5.75 Å². The number of pyridine rings is 1. The molecule has 2 rings (SSSR count). The Hall–Kier alpha value is -2.20. The van der Waals surface area contributed by atoms with E-state index in [0.29, 0.717) is 0 Å². The van der Waals surface area contributed by atoms with Gasteiger partial charge < -0.3 is 4.74 Å². The molecule has 134 valence electrons. The van der Waals surface area contributed by atoms with Crippen LogP contribution in [-0.2, 0) is 19.6 Å². The molecule has 25 heavy (non-hydrogen) atoms. The predicted molar refractivity (Wildman–Crippen MR) is 104 cm³/mol. The number of methoxy groups -OCH3 is 1. The van der Waals surface area contributed by atoms with Gasteiger partial charge in [-0.2, -0.15) is 0 Å². The lowest BCUT2D eigenvalue weighted by Gasteiger charge is -2.16. The van der Waals surface area contributed by atoms with Crippen LogP contribution in [0.5, 0.6) is 5.75 Å². The molecule has 0 aliphatic carbocycles. The van der Waals surface area contributed by atoms with Crippen molar-refractivity contribution in [2.24, 2.45) is 4.99 Å². The minimum absolute atomic E-state index is 0.781. The fourth-order valence-corrected chi connectivity index (χ4v) is 2.70. The summed E-state index contributed by atoms with van der Waals surface area (Å²) in [4.78, 5) is 11.4. The normalized spacial score (nSPS) is 10.8. The molecule has 1 aromatic carbocycles. The Labute approximate surface area is 151 Å². The Balaban J connectivity index is 1.88. The van der Waals surface area contributed by atoms with Gasteiger partial charge in [0.25, 0.3) is 0 Å². The second-order valence-electron chi connectivity index (χ2n) is 6.27. The highest BCUT2D eigenvalue weighted by molar-refractivity contribution is 5.83. The smallest absolute Gasteiger partial charge is 0.137 e. The third-order valence-electron chi connectivity index (χ3n) is 4.24. The number of aliphatic imine (C=N–C) groups is 1. The molecule has 0 unspecified atom stereocenters. The van der Waals surface area contributed by atoms with Crippen LogP contribution in [0.25, 0.3) is 0 Å². The molecule has 4 heteroatoms. The highest BCUT2D eigenvalue weighted by atomic mass is 16.5. The summed E-state index contributed by atoms with van der Waals surface area (Å²) in [6, 6.07) is 12.7. The SMILES string of the molecule is CCC(CC)=NCc1ccc(CN(C)Cc2ccc(OC)cn2)cc1. The van der Waals surface area contributed by atoms with Crippen LogP contribution in [0.1, 0.15) is 43.5 Å². The fraction of sp³-hybridized carbons (Fsp3) is 0.429. The molecule has 2 aromatic rings. The van der Waals surface area contributed by atoms with Crippen LogP contribution in [0.4, 0.5) is 0 Å². The molecule has 1 heterocycles. The van der Waals surface area contributed by atoms with Gasteiger partial charge >= 0.3 is 0 Å². The minimum atomic E-state index is 0.781. The van der Waals surface area contributed by atoms with Gasteiger partial charge in [0.15, 0.2) is 0 Å². The molecular formula is C21H29N3O. The molecule has 4 nitrogen and oxygen atoms in total. The third kappa shape index (κ3) is 6.31. The number of aromatic nitrogens is 1. The molecule has 0 N–H and O–H groups in total. The lowest BCUT2D eigenvalue weighted by molar-refractivity contribution is 0.314. The van der Waals surface area contributed by atoms with E-state index in [9.17, 15) is 0 Å². The van der Waals surface area contributed by atoms with Crippen molar-refractivity contribution in [2.45, 2.75) is 46.3 Å². The Morgan fingerprint density at radius 2 is 1.68 bits per heavy atom. The third-order valence-corrected chi connectivity index (χ3v) is 4.24. The van der Waals surface area contributed by atoms with Gasteiger partial charge in [0.1, 0.15) is 5.75 Å². The predicted octanol–water partition coefficient (Wildman–Crippen LogP) is 4.48. The molecule has 1 aromatic heterocycles. The molecule has 0 spiro atoms. The maximum atomic E-state index is 5.14. The Kier molecular flexibility index (Phi) is 7.61. The van der Waals surface area contributed by atoms with Gasteiger partial charge in [-0.25, -0.2) is 0 Å². The molecule has 0 fully saturated rings. The van der Waals surface area contributed by atoms with Gasteiger partial charge in [-0.15, -0.1) is 0 Å². The first-order chi connectivity index (χ1) is 12.1. The van der Waals surface area contributed by atoms with Crippen LogP contribution in [0.3, 0.4) is 0 Å².